The summed E-state index contributed by atoms with van der Waals surface area (Å²) in [5.41, 5.74) is 4.62. The van der Waals surface area contributed by atoms with Gasteiger partial charge in [-0.05, 0) is 78.8 Å². The number of hydrogen-bond acceptors (Lipinski definition) is 5. The largest absolute Gasteiger partial charge is 0.357 e. The van der Waals surface area contributed by atoms with Crippen molar-refractivity contribution in [1.82, 2.24) is 25.2 Å². The Kier molecular flexibility index (Phi) is 4.84. The number of para-hydroxylation sites is 1. The molecule has 2 aromatic carbocycles. The normalized spacial score (nSPS) is 14.7. The number of fused-ring (bicyclic) bond motifs is 2. The highest BCUT2D eigenvalue weighted by molar-refractivity contribution is 5.80. The average Bonchev–Trinajstić information content (AvgIpc) is 3.43. The van der Waals surface area contributed by atoms with Gasteiger partial charge in [0.05, 0.1) is 5.54 Å². The van der Waals surface area contributed by atoms with Gasteiger partial charge in [-0.1, -0.05) is 37.3 Å². The molecule has 164 valence electrons. The molecule has 5 rings (SSSR count). The molecule has 3 heterocycles. The quantitative estimate of drug-likeness (QED) is 0.517. The molecule has 4 aromatic rings. The first kappa shape index (κ1) is 20.4. The van der Waals surface area contributed by atoms with Gasteiger partial charge >= 0.3 is 0 Å². The molecule has 0 spiro atoms. The molecule has 0 saturated carbocycles. The van der Waals surface area contributed by atoms with E-state index in [1.54, 1.807) is 0 Å². The molecule has 0 bridgehead atoms. The van der Waals surface area contributed by atoms with E-state index < -0.39 is 6.04 Å². The molecule has 0 saturated heterocycles. The summed E-state index contributed by atoms with van der Waals surface area (Å²) in [5.74, 6) is 0.686. The first-order valence-corrected chi connectivity index (χ1v) is 11.2. The van der Waals surface area contributed by atoms with E-state index in [-0.39, 0.29) is 11.1 Å². The van der Waals surface area contributed by atoms with Crippen LogP contribution in [-0.4, -0.2) is 31.7 Å². The maximum absolute atomic E-state index is 13.4. The van der Waals surface area contributed by atoms with Crippen LogP contribution in [0.3, 0.4) is 0 Å². The van der Waals surface area contributed by atoms with Crippen molar-refractivity contribution in [2.45, 2.75) is 52.1 Å². The highest BCUT2D eigenvalue weighted by atomic mass is 16.1. The minimum atomic E-state index is -0.395. The molecule has 1 aliphatic rings. The predicted molar refractivity (Wildman–Crippen MR) is 126 cm³/mol. The van der Waals surface area contributed by atoms with E-state index >= 15 is 0 Å². The second kappa shape index (κ2) is 7.58. The fourth-order valence-electron chi connectivity index (χ4n) is 4.56. The van der Waals surface area contributed by atoms with Crippen LogP contribution in [0, 0.1) is 6.92 Å². The predicted octanol–water partition coefficient (Wildman–Crippen LogP) is 4.12. The summed E-state index contributed by atoms with van der Waals surface area (Å²) < 4.78 is 1.89. The van der Waals surface area contributed by atoms with Gasteiger partial charge in [0, 0.05) is 23.3 Å². The lowest BCUT2D eigenvalue weighted by molar-refractivity contribution is 0.287. The second-order valence-electron chi connectivity index (χ2n) is 9.23. The van der Waals surface area contributed by atoms with Crippen LogP contribution in [0.15, 0.2) is 53.3 Å². The first-order valence-electron chi connectivity index (χ1n) is 11.2. The zero-order valence-electron chi connectivity index (χ0n) is 19.0. The van der Waals surface area contributed by atoms with Crippen LogP contribution in [0.1, 0.15) is 55.7 Å². The second-order valence-corrected chi connectivity index (χ2v) is 9.23. The third-order valence-corrected chi connectivity index (χ3v) is 6.74. The van der Waals surface area contributed by atoms with Gasteiger partial charge in [0.25, 0.3) is 5.56 Å². The Labute approximate surface area is 187 Å². The van der Waals surface area contributed by atoms with Crippen LogP contribution in [0.4, 0.5) is 5.69 Å². The zero-order chi connectivity index (χ0) is 22.5. The highest BCUT2D eigenvalue weighted by Crippen LogP contribution is 2.38. The number of hydrogen-bond donors (Lipinski definition) is 1. The van der Waals surface area contributed by atoms with Gasteiger partial charge in [0.2, 0.25) is 0 Å². The van der Waals surface area contributed by atoms with E-state index in [0.29, 0.717) is 11.4 Å². The lowest BCUT2D eigenvalue weighted by Gasteiger charge is -2.32. The smallest absolute Gasteiger partial charge is 0.254 e. The molecule has 32 heavy (non-hydrogen) atoms. The summed E-state index contributed by atoms with van der Waals surface area (Å²) in [4.78, 5) is 18.8. The van der Waals surface area contributed by atoms with Crippen LogP contribution < -0.4 is 10.5 Å². The fraction of sp³-hybridized carbons (Fsp3) is 0.360. The fourth-order valence-corrected chi connectivity index (χ4v) is 4.56. The van der Waals surface area contributed by atoms with E-state index in [1.165, 1.54) is 5.56 Å². The molecule has 1 N–H and O–H groups in total. The van der Waals surface area contributed by atoms with Gasteiger partial charge in [-0.25, -0.2) is 4.68 Å². The van der Waals surface area contributed by atoms with Crippen molar-refractivity contribution in [2.24, 2.45) is 0 Å². The third-order valence-electron chi connectivity index (χ3n) is 6.74. The van der Waals surface area contributed by atoms with Gasteiger partial charge < -0.3 is 9.88 Å². The highest BCUT2D eigenvalue weighted by Gasteiger charge is 2.36. The summed E-state index contributed by atoms with van der Waals surface area (Å²) in [7, 11) is 0. The van der Waals surface area contributed by atoms with E-state index in [0.717, 1.165) is 41.5 Å². The van der Waals surface area contributed by atoms with E-state index in [9.17, 15) is 4.79 Å². The number of pyridine rings is 1. The van der Waals surface area contributed by atoms with Crippen molar-refractivity contribution in [3.05, 3.63) is 81.4 Å². The van der Waals surface area contributed by atoms with Gasteiger partial charge in [-0.15, -0.1) is 5.10 Å². The number of aromatic nitrogens is 5. The van der Waals surface area contributed by atoms with Crippen LogP contribution in [0.5, 0.6) is 0 Å². The standard InChI is InChI=1S/C25H28N6O/c1-5-25(3,4)31-23(27-28-29-31)22(30-13-12-17-8-6-7-9-21(17)30)19-15-18-11-10-16(2)14-20(18)26-24(19)32/h6-11,14-15,22H,5,12-13H2,1-4H3,(H,26,32)/t22-/m0/s1. The zero-order valence-corrected chi connectivity index (χ0v) is 19.0. The van der Waals surface area contributed by atoms with Gasteiger partial charge in [-0.2, -0.15) is 0 Å². The summed E-state index contributed by atoms with van der Waals surface area (Å²) >= 11 is 0. The van der Waals surface area contributed by atoms with Crippen molar-refractivity contribution < 1.29 is 0 Å². The van der Waals surface area contributed by atoms with E-state index in [4.69, 9.17) is 0 Å². The van der Waals surface area contributed by atoms with Gasteiger partial charge in [0.1, 0.15) is 6.04 Å². The van der Waals surface area contributed by atoms with Crippen LogP contribution >= 0.6 is 0 Å². The number of H-pyrrole nitrogens is 1. The summed E-state index contributed by atoms with van der Waals surface area (Å²) in [5, 5.41) is 13.9. The minimum absolute atomic E-state index is 0.110. The number of benzene rings is 2. The van der Waals surface area contributed by atoms with Crippen LogP contribution in [-0.2, 0) is 12.0 Å². The molecule has 0 fully saturated rings. The molecule has 0 unspecified atom stereocenters. The van der Waals surface area contributed by atoms with Gasteiger partial charge in [0.15, 0.2) is 5.82 Å². The van der Waals surface area contributed by atoms with Crippen molar-refractivity contribution in [2.75, 3.05) is 11.4 Å². The molecular formula is C25H28N6O. The molecular weight excluding hydrogens is 400 g/mol. The first-order chi connectivity index (χ1) is 15.4. The van der Waals surface area contributed by atoms with Crippen LogP contribution in [0.25, 0.3) is 10.9 Å². The Bertz CT molecular complexity index is 1350. The maximum atomic E-state index is 13.4. The lowest BCUT2D eigenvalue weighted by atomic mass is 9.99. The van der Waals surface area contributed by atoms with Crippen LogP contribution in [0.2, 0.25) is 0 Å². The minimum Gasteiger partial charge on any atom is -0.357 e. The number of anilines is 1. The van der Waals surface area contributed by atoms with Crippen molar-refractivity contribution in [1.29, 1.82) is 0 Å². The monoisotopic (exact) mass is 428 g/mol. The van der Waals surface area contributed by atoms with Gasteiger partial charge in [-0.3, -0.25) is 4.79 Å². The Balaban J connectivity index is 1.75. The summed E-state index contributed by atoms with van der Waals surface area (Å²) in [6.45, 7) is 9.19. The van der Waals surface area contributed by atoms with Crippen molar-refractivity contribution in [3.63, 3.8) is 0 Å². The van der Waals surface area contributed by atoms with E-state index in [1.807, 2.05) is 29.8 Å². The van der Waals surface area contributed by atoms with Crippen molar-refractivity contribution in [3.8, 4) is 0 Å². The number of nitrogens with zero attached hydrogens (tertiary/aromatic N) is 5. The molecule has 0 radical (unpaired) electrons. The van der Waals surface area contributed by atoms with E-state index in [2.05, 4.69) is 76.5 Å². The molecule has 1 atom stereocenters. The maximum Gasteiger partial charge on any atom is 0.254 e. The topological polar surface area (TPSA) is 79.7 Å². The lowest BCUT2D eigenvalue weighted by Crippen LogP contribution is -2.37. The summed E-state index contributed by atoms with van der Waals surface area (Å²) in [6, 6.07) is 16.1. The summed E-state index contributed by atoms with van der Waals surface area (Å²) in [6.07, 6.45) is 1.79. The molecule has 7 heteroatoms. The Hall–Kier alpha value is -3.48. The molecule has 7 nitrogen and oxygen atoms in total. The number of aryl methyl sites for hydroxylation is 1. The van der Waals surface area contributed by atoms with Crippen molar-refractivity contribution >= 4 is 16.6 Å². The Morgan fingerprint density at radius 2 is 1.97 bits per heavy atom. The number of aromatic amines is 1. The SMILES string of the molecule is CCC(C)(C)n1nnnc1[C@H](c1cc2ccc(C)cc2[nH]c1=O)N1CCc2ccccc21. The molecule has 2 aromatic heterocycles. The Morgan fingerprint density at radius 1 is 1.16 bits per heavy atom. The number of tetrazole rings is 1. The molecule has 0 amide bonds. The Morgan fingerprint density at radius 3 is 2.78 bits per heavy atom. The molecule has 1 aliphatic heterocycles. The number of rotatable bonds is 5. The molecule has 0 aliphatic carbocycles. The number of nitrogens with one attached hydrogen (secondary N) is 1. The average molecular weight is 429 g/mol. The third kappa shape index (κ3) is 3.28.